The number of rotatable bonds is 6. The van der Waals surface area contributed by atoms with E-state index in [-0.39, 0.29) is 11.9 Å². The number of nitrogens with one attached hydrogen (secondary N) is 1. The minimum absolute atomic E-state index is 0.0281. The third-order valence-electron chi connectivity index (χ3n) is 3.61. The van der Waals surface area contributed by atoms with Crippen molar-refractivity contribution in [3.8, 4) is 0 Å². The van der Waals surface area contributed by atoms with Gasteiger partial charge < -0.3 is 9.73 Å². The van der Waals surface area contributed by atoms with Crippen LogP contribution in [0.3, 0.4) is 0 Å². The highest BCUT2D eigenvalue weighted by atomic mass is 32.1. The van der Waals surface area contributed by atoms with Crippen LogP contribution in [0.1, 0.15) is 41.4 Å². The second-order valence-electron chi connectivity index (χ2n) is 5.63. The molecular weight excluding hydrogens is 310 g/mol. The van der Waals surface area contributed by atoms with Gasteiger partial charge in [0.2, 0.25) is 0 Å². The number of aromatic nitrogens is 2. The van der Waals surface area contributed by atoms with E-state index in [0.717, 1.165) is 46.8 Å². The summed E-state index contributed by atoms with van der Waals surface area (Å²) in [5.41, 5.74) is 1.66. The monoisotopic (exact) mass is 329 g/mol. The molecule has 3 rings (SSSR count). The van der Waals surface area contributed by atoms with Crippen molar-refractivity contribution in [3.05, 3.63) is 46.7 Å². The molecule has 120 valence electrons. The fourth-order valence-electron chi connectivity index (χ4n) is 2.56. The van der Waals surface area contributed by atoms with Crippen LogP contribution in [0.4, 0.5) is 0 Å². The lowest BCUT2D eigenvalue weighted by molar-refractivity contribution is 0.0942. The van der Waals surface area contributed by atoms with E-state index in [2.05, 4.69) is 21.8 Å². The smallest absolute Gasteiger partial charge is 0.265 e. The number of aryl methyl sites for hydroxylation is 1. The molecule has 3 aromatic rings. The number of nitrogens with zero attached hydrogens (tertiary/aromatic N) is 2. The fraction of sp³-hybridized carbons (Fsp3) is 0.353. The molecule has 5 nitrogen and oxygen atoms in total. The van der Waals surface area contributed by atoms with Crippen molar-refractivity contribution in [2.24, 2.45) is 0 Å². The molecule has 0 unspecified atom stereocenters. The van der Waals surface area contributed by atoms with E-state index in [1.807, 2.05) is 37.3 Å². The third-order valence-corrected chi connectivity index (χ3v) is 4.38. The minimum atomic E-state index is -0.105. The van der Waals surface area contributed by atoms with Crippen molar-refractivity contribution in [2.75, 3.05) is 0 Å². The average Bonchev–Trinajstić information content (AvgIpc) is 3.13. The molecule has 0 radical (unpaired) electrons. The summed E-state index contributed by atoms with van der Waals surface area (Å²) in [5, 5.41) is 8.12. The van der Waals surface area contributed by atoms with Crippen LogP contribution in [-0.4, -0.2) is 21.5 Å². The maximum Gasteiger partial charge on any atom is 0.265 e. The number of amides is 1. The third kappa shape index (κ3) is 3.59. The molecule has 0 bridgehead atoms. The van der Waals surface area contributed by atoms with Gasteiger partial charge in [0.25, 0.3) is 5.91 Å². The Bertz CT molecular complexity index is 776. The van der Waals surface area contributed by atoms with Gasteiger partial charge in [-0.1, -0.05) is 36.0 Å². The summed E-state index contributed by atoms with van der Waals surface area (Å²) in [4.78, 5) is 13.0. The van der Waals surface area contributed by atoms with Crippen molar-refractivity contribution in [3.63, 3.8) is 0 Å². The highest BCUT2D eigenvalue weighted by Crippen LogP contribution is 2.20. The summed E-state index contributed by atoms with van der Waals surface area (Å²) in [6, 6.07) is 9.90. The van der Waals surface area contributed by atoms with Gasteiger partial charge in [-0.25, -0.2) is 0 Å². The predicted molar refractivity (Wildman–Crippen MR) is 90.8 cm³/mol. The van der Waals surface area contributed by atoms with Crippen molar-refractivity contribution in [1.82, 2.24) is 14.9 Å². The molecule has 1 N–H and O–H groups in total. The van der Waals surface area contributed by atoms with E-state index in [0.29, 0.717) is 11.3 Å². The Hall–Kier alpha value is -2.21. The molecule has 0 aliphatic carbocycles. The van der Waals surface area contributed by atoms with Crippen molar-refractivity contribution >= 4 is 28.4 Å². The minimum Gasteiger partial charge on any atom is -0.461 e. The lowest BCUT2D eigenvalue weighted by Gasteiger charge is -2.11. The zero-order valence-electron chi connectivity index (χ0n) is 13.2. The van der Waals surface area contributed by atoms with E-state index >= 15 is 0 Å². The number of hydrogen-bond donors (Lipinski definition) is 1. The molecule has 1 amide bonds. The Morgan fingerprint density at radius 1 is 1.39 bits per heavy atom. The van der Waals surface area contributed by atoms with Gasteiger partial charge in [0.05, 0.1) is 5.69 Å². The molecule has 0 aliphatic rings. The second kappa shape index (κ2) is 6.91. The van der Waals surface area contributed by atoms with Crippen LogP contribution in [0, 0.1) is 0 Å². The Morgan fingerprint density at radius 3 is 3.00 bits per heavy atom. The van der Waals surface area contributed by atoms with E-state index in [1.54, 1.807) is 0 Å². The van der Waals surface area contributed by atoms with E-state index in [1.165, 1.54) is 0 Å². The number of hydrogen-bond acceptors (Lipinski definition) is 5. The molecule has 0 spiro atoms. The maximum atomic E-state index is 12.4. The van der Waals surface area contributed by atoms with Crippen LogP contribution in [0.15, 0.2) is 34.7 Å². The van der Waals surface area contributed by atoms with Crippen LogP contribution in [0.5, 0.6) is 0 Å². The van der Waals surface area contributed by atoms with Crippen molar-refractivity contribution < 1.29 is 9.21 Å². The second-order valence-corrected chi connectivity index (χ2v) is 6.38. The number of carbonyl (C=O) groups excluding carboxylic acids is 1. The lowest BCUT2D eigenvalue weighted by Crippen LogP contribution is -2.34. The van der Waals surface area contributed by atoms with Gasteiger partial charge in [0, 0.05) is 17.8 Å². The zero-order valence-corrected chi connectivity index (χ0v) is 14.0. The van der Waals surface area contributed by atoms with Gasteiger partial charge in [-0.05, 0) is 37.0 Å². The van der Waals surface area contributed by atoms with Gasteiger partial charge >= 0.3 is 0 Å². The largest absolute Gasteiger partial charge is 0.461 e. The zero-order chi connectivity index (χ0) is 16.2. The van der Waals surface area contributed by atoms with Crippen LogP contribution >= 0.6 is 11.5 Å². The molecular formula is C17H19N3O2S. The summed E-state index contributed by atoms with van der Waals surface area (Å²) in [6.07, 6.45) is 2.37. The first-order valence-corrected chi connectivity index (χ1v) is 8.54. The summed E-state index contributed by atoms with van der Waals surface area (Å²) in [6.45, 7) is 4.03. The first-order chi connectivity index (χ1) is 11.2. The average molecular weight is 329 g/mol. The summed E-state index contributed by atoms with van der Waals surface area (Å²) in [5.74, 6) is 0.766. The van der Waals surface area contributed by atoms with Gasteiger partial charge in [0.1, 0.15) is 16.2 Å². The number of para-hydroxylation sites is 1. The summed E-state index contributed by atoms with van der Waals surface area (Å²) in [7, 11) is 0. The number of benzene rings is 1. The molecule has 0 saturated carbocycles. The molecule has 2 heterocycles. The SMILES string of the molecule is CCCc1nnsc1C(=O)N[C@H](C)Cc1cc2ccccc2o1. The van der Waals surface area contributed by atoms with Gasteiger partial charge in [-0.15, -0.1) is 5.10 Å². The lowest BCUT2D eigenvalue weighted by atomic mass is 10.1. The first kappa shape index (κ1) is 15.7. The molecule has 1 aromatic carbocycles. The standard InChI is InChI=1S/C17H19N3O2S/c1-3-6-14-16(23-20-19-14)17(21)18-11(2)9-13-10-12-7-4-5-8-15(12)22-13/h4-5,7-8,10-11H,3,6,9H2,1-2H3,(H,18,21)/t11-/m1/s1. The topological polar surface area (TPSA) is 68.0 Å². The molecule has 23 heavy (non-hydrogen) atoms. The summed E-state index contributed by atoms with van der Waals surface area (Å²) >= 11 is 1.15. The van der Waals surface area contributed by atoms with Gasteiger partial charge in [0.15, 0.2) is 0 Å². The fourth-order valence-corrected chi connectivity index (χ4v) is 3.17. The van der Waals surface area contributed by atoms with Crippen LogP contribution in [-0.2, 0) is 12.8 Å². The predicted octanol–water partition coefficient (Wildman–Crippen LogP) is 3.60. The summed E-state index contributed by atoms with van der Waals surface area (Å²) < 4.78 is 9.69. The maximum absolute atomic E-state index is 12.4. The van der Waals surface area contributed by atoms with E-state index in [4.69, 9.17) is 4.42 Å². The first-order valence-electron chi connectivity index (χ1n) is 7.77. The van der Waals surface area contributed by atoms with Crippen LogP contribution in [0.2, 0.25) is 0 Å². The van der Waals surface area contributed by atoms with Gasteiger partial charge in [-0.2, -0.15) is 0 Å². The Morgan fingerprint density at radius 2 is 2.22 bits per heavy atom. The molecule has 6 heteroatoms. The van der Waals surface area contributed by atoms with Crippen molar-refractivity contribution in [1.29, 1.82) is 0 Å². The Balaban J connectivity index is 1.65. The Labute approximate surface area is 138 Å². The molecule has 1 atom stereocenters. The Kier molecular flexibility index (Phi) is 4.71. The quantitative estimate of drug-likeness (QED) is 0.750. The normalized spacial score (nSPS) is 12.4. The molecule has 0 aliphatic heterocycles. The molecule has 2 aromatic heterocycles. The molecule has 0 fully saturated rings. The van der Waals surface area contributed by atoms with E-state index < -0.39 is 0 Å². The highest BCUT2D eigenvalue weighted by Gasteiger charge is 2.18. The highest BCUT2D eigenvalue weighted by molar-refractivity contribution is 7.08. The molecule has 0 saturated heterocycles. The number of furan rings is 1. The van der Waals surface area contributed by atoms with Crippen molar-refractivity contribution in [2.45, 2.75) is 39.2 Å². The van der Waals surface area contributed by atoms with E-state index in [9.17, 15) is 4.79 Å². The number of carbonyl (C=O) groups is 1. The van der Waals surface area contributed by atoms with Crippen LogP contribution < -0.4 is 5.32 Å². The number of fused-ring (bicyclic) bond motifs is 1. The van der Waals surface area contributed by atoms with Gasteiger partial charge in [-0.3, -0.25) is 4.79 Å². The van der Waals surface area contributed by atoms with Crippen LogP contribution in [0.25, 0.3) is 11.0 Å².